The summed E-state index contributed by atoms with van der Waals surface area (Å²) in [7, 11) is 1.94. The van der Waals surface area contributed by atoms with Crippen LogP contribution in [0.2, 0.25) is 0 Å². The molecule has 0 fully saturated rings. The minimum atomic E-state index is -1.88. The van der Waals surface area contributed by atoms with Gasteiger partial charge in [0.05, 0.1) is 29.9 Å². The first-order valence-corrected chi connectivity index (χ1v) is 35.9. The van der Waals surface area contributed by atoms with E-state index in [0.29, 0.717) is 53.8 Å². The molecule has 5 aromatic rings. The van der Waals surface area contributed by atoms with Gasteiger partial charge in [0.15, 0.2) is 5.75 Å². The Morgan fingerprint density at radius 1 is 0.610 bits per heavy atom. The number of benzene rings is 3. The van der Waals surface area contributed by atoms with Crippen molar-refractivity contribution >= 4 is 116 Å². The van der Waals surface area contributed by atoms with Gasteiger partial charge in [0.25, 0.3) is 5.56 Å². The first-order chi connectivity index (χ1) is 50.1. The molecule has 562 valence electrons. The minimum Gasteiger partial charge on any atom is -0.481 e. The van der Waals surface area contributed by atoms with Gasteiger partial charge in [-0.15, -0.1) is 0 Å². The van der Waals surface area contributed by atoms with Gasteiger partial charge in [-0.2, -0.15) is 0 Å². The van der Waals surface area contributed by atoms with Crippen LogP contribution >= 0.6 is 21.6 Å². The Bertz CT molecular complexity index is 4090. The number of nitrogens with one attached hydrogen (secondary N) is 8. The largest absolute Gasteiger partial charge is 0.509 e. The minimum absolute atomic E-state index is 0.00730. The molecule has 3 aromatic carbocycles. The Morgan fingerprint density at radius 2 is 1.20 bits per heavy atom. The lowest BCUT2D eigenvalue weighted by Gasteiger charge is -2.33. The number of carboxylic acids is 5. The van der Waals surface area contributed by atoms with Crippen molar-refractivity contribution in [2.45, 2.75) is 151 Å². The Morgan fingerprint density at radius 3 is 1.83 bits per heavy atom. The molecule has 2 aliphatic heterocycles. The van der Waals surface area contributed by atoms with Gasteiger partial charge >= 0.3 is 48.0 Å². The van der Waals surface area contributed by atoms with Crippen LogP contribution in [0.25, 0.3) is 22.3 Å². The average Bonchev–Trinajstić information content (AvgIpc) is 1.63. The third-order valence-electron chi connectivity index (χ3n) is 16.8. The summed E-state index contributed by atoms with van der Waals surface area (Å²) in [5.74, 6) is -13.9. The summed E-state index contributed by atoms with van der Waals surface area (Å²) in [5.41, 5.74) is 7.96. The van der Waals surface area contributed by atoms with Crippen molar-refractivity contribution in [3.8, 4) is 17.1 Å². The molecular weight excluding hydrogens is 1410 g/mol. The highest BCUT2D eigenvalue weighted by atomic mass is 33.1. The third-order valence-corrected chi connectivity index (χ3v) is 19.2. The SMILES string of the molecule is CC[C@@]1(OC(=O)OCCSSC[C@H](NC(=O)[C@H](CC(=O)O)NC(=O)[C@@H](N)CNC(=O)[C@H](Cc2ccccc2)NC(=O)[C@H](Cc2ccccc2)NC(=O)CCCCCCNC(=O)CC[C@H](NC(=O)N[C@H](CCC(=O)O)C(=O)O)C(=O)O)C(=O)O)Cc2cc3n(c(=O)c2OC1=O)Cc1cc2ccccc2nc1-3. The average molecular weight is 1500 g/mol. The first-order valence-electron chi connectivity index (χ1n) is 33.4. The van der Waals surface area contributed by atoms with Gasteiger partial charge in [0.2, 0.25) is 41.0 Å². The number of esters is 1. The summed E-state index contributed by atoms with van der Waals surface area (Å²) >= 11 is 0. The first kappa shape index (κ1) is 81.2. The van der Waals surface area contributed by atoms with Crippen LogP contribution in [0.15, 0.2) is 102 Å². The number of carbonyl (C=O) groups excluding carboxylic acids is 9. The number of aromatic nitrogens is 2. The maximum atomic E-state index is 14.2. The number of hydrogen-bond donors (Lipinski definition) is 14. The van der Waals surface area contributed by atoms with Crippen molar-refractivity contribution in [2.75, 3.05) is 31.2 Å². The maximum Gasteiger partial charge on any atom is 0.509 e. The molecule has 0 saturated carbocycles. The van der Waals surface area contributed by atoms with Crippen LogP contribution in [0.1, 0.15) is 99.8 Å². The number of carboxylic acid groups (broad SMARTS) is 5. The normalized spacial score (nSPS) is 15.3. The number of unbranched alkanes of at least 4 members (excludes halogenated alkanes) is 3. The topological polar surface area (TPSA) is 525 Å². The van der Waals surface area contributed by atoms with Gasteiger partial charge < -0.3 is 88.0 Å². The number of carbonyl (C=O) groups is 14. The molecule has 8 amide bonds. The van der Waals surface area contributed by atoms with Gasteiger partial charge in [-0.1, -0.05) is 120 Å². The van der Waals surface area contributed by atoms with Crippen molar-refractivity contribution in [1.29, 1.82) is 0 Å². The van der Waals surface area contributed by atoms with Crippen LogP contribution in [0.3, 0.4) is 0 Å². The number of nitrogens with zero attached hydrogens (tertiary/aromatic N) is 2. The molecule has 0 radical (unpaired) electrons. The van der Waals surface area contributed by atoms with Crippen molar-refractivity contribution in [1.82, 2.24) is 52.1 Å². The molecule has 7 rings (SSSR count). The highest BCUT2D eigenvalue weighted by Crippen LogP contribution is 2.39. The second-order valence-corrected chi connectivity index (χ2v) is 27.2. The summed E-state index contributed by atoms with van der Waals surface area (Å²) < 4.78 is 17.9. The number of nitrogens with two attached hydrogens (primary N) is 1. The van der Waals surface area contributed by atoms with Crippen molar-refractivity contribution in [2.24, 2.45) is 5.73 Å². The molecule has 0 aliphatic carbocycles. The van der Waals surface area contributed by atoms with E-state index < -0.39 is 163 Å². The van der Waals surface area contributed by atoms with E-state index in [0.717, 1.165) is 38.1 Å². The van der Waals surface area contributed by atoms with E-state index in [1.165, 1.54) is 4.57 Å². The third kappa shape index (κ3) is 24.5. The fourth-order valence-electron chi connectivity index (χ4n) is 11.1. The quantitative estimate of drug-likeness (QED) is 0.0148. The van der Waals surface area contributed by atoms with E-state index in [4.69, 9.17) is 30.0 Å². The predicted octanol–water partition coefficient (Wildman–Crippen LogP) is 1.91. The fraction of sp³-hybridized carbons (Fsp3) is 0.420. The Balaban J connectivity index is 0.843. The van der Waals surface area contributed by atoms with Crippen LogP contribution in [-0.4, -0.2) is 198 Å². The number of aliphatic carboxylic acids is 5. The molecule has 2 aromatic heterocycles. The molecule has 36 heteroatoms. The molecule has 15 N–H and O–H groups in total. The molecule has 0 unspecified atom stereocenters. The molecule has 105 heavy (non-hydrogen) atoms. The lowest BCUT2D eigenvalue weighted by molar-refractivity contribution is -0.161. The number of fused-ring (bicyclic) bond motifs is 5. The van der Waals surface area contributed by atoms with Gasteiger partial charge in [0, 0.05) is 79.6 Å². The van der Waals surface area contributed by atoms with Gasteiger partial charge in [-0.05, 0) is 61.4 Å². The Labute approximate surface area is 607 Å². The molecule has 0 saturated heterocycles. The van der Waals surface area contributed by atoms with E-state index in [-0.39, 0.29) is 81.9 Å². The second kappa shape index (κ2) is 39.5. The van der Waals surface area contributed by atoms with Crippen LogP contribution in [0, 0.1) is 0 Å². The van der Waals surface area contributed by atoms with Gasteiger partial charge in [-0.3, -0.25) is 47.7 Å². The smallest absolute Gasteiger partial charge is 0.481 e. The molecule has 0 bridgehead atoms. The summed E-state index contributed by atoms with van der Waals surface area (Å²) in [6, 6.07) is 16.2. The fourth-order valence-corrected chi connectivity index (χ4v) is 13.1. The number of ether oxygens (including phenoxy) is 3. The number of para-hydroxylation sites is 1. The van der Waals surface area contributed by atoms with E-state index in [1.54, 1.807) is 73.7 Å². The van der Waals surface area contributed by atoms with Crippen molar-refractivity contribution < 1.29 is 107 Å². The zero-order valence-electron chi connectivity index (χ0n) is 56.8. The standard InChI is InChI=1S/C69H81N11O23S2/c1-2-69(34-41-32-51-56-42(31-40-19-12-13-20-44(40)74-56)36-80(51)62(91)57(41)102-66(69)98)103-68(100)101-27-28-104-105-37-50(65(96)97)77-61(90)49(33-55(85)86)75-58(87)43(70)35-72-59(88)47(29-38-15-7-5-8-16-38)76-60(89)48(30-39-17-9-6-10-18-39)73-53(82)21-11-3-4-14-26-71-52(81)24-22-45(63(92)93)78-67(99)79-46(64(94)95)23-25-54(83)84/h5-10,12-13,15-20,31-32,43,45-50H,2-4,11,14,21-30,33-37,70H2,1H3,(H,71,81)(H,72,88)(H,73,82)(H,75,87)(H,76,89)(H,77,90)(H,83,84)(H,85,86)(H,92,93)(H,94,95)(H,96,97)(H2,78,79,99)/t43-,45-,46+,47-,48-,49-,50-,69+/m0/s1. The summed E-state index contributed by atoms with van der Waals surface area (Å²) in [6.07, 6.45) is -2.50. The Kier molecular flexibility index (Phi) is 30.5. The van der Waals surface area contributed by atoms with E-state index in [9.17, 15) is 92.3 Å². The van der Waals surface area contributed by atoms with Crippen molar-refractivity contribution in [3.05, 3.63) is 130 Å². The predicted molar refractivity (Wildman–Crippen MR) is 376 cm³/mol. The molecule has 2 aliphatic rings. The van der Waals surface area contributed by atoms with E-state index >= 15 is 0 Å². The number of rotatable bonds is 42. The number of pyridine rings is 2. The summed E-state index contributed by atoms with van der Waals surface area (Å²) in [4.78, 5) is 197. The number of amides is 8. The van der Waals surface area contributed by atoms with Crippen LogP contribution in [0.4, 0.5) is 9.59 Å². The zero-order chi connectivity index (χ0) is 76.3. The monoisotopic (exact) mass is 1500 g/mol. The highest BCUT2D eigenvalue weighted by Gasteiger charge is 2.49. The van der Waals surface area contributed by atoms with Gasteiger partial charge in [-0.25, -0.2) is 33.8 Å². The summed E-state index contributed by atoms with van der Waals surface area (Å²) in [5, 5.41) is 67.3. The lowest BCUT2D eigenvalue weighted by atomic mass is 9.89. The molecule has 34 nitrogen and oxygen atoms in total. The van der Waals surface area contributed by atoms with E-state index in [1.807, 2.05) is 35.6 Å². The molecule has 4 heterocycles. The molecule has 0 spiro atoms. The van der Waals surface area contributed by atoms with Crippen molar-refractivity contribution in [3.63, 3.8) is 0 Å². The highest BCUT2D eigenvalue weighted by molar-refractivity contribution is 8.76. The molecule has 8 atom stereocenters. The van der Waals surface area contributed by atoms with Crippen LogP contribution in [0.5, 0.6) is 5.75 Å². The van der Waals surface area contributed by atoms with Crippen LogP contribution in [-0.2, 0) is 92.8 Å². The second-order valence-electron chi connectivity index (χ2n) is 24.5. The Hall–Kier alpha value is -11.1. The van der Waals surface area contributed by atoms with Gasteiger partial charge in [0.1, 0.15) is 48.9 Å². The number of hydrogen-bond acceptors (Lipinski definition) is 22. The maximum absolute atomic E-state index is 14.2. The van der Waals surface area contributed by atoms with E-state index in [2.05, 4.69) is 37.2 Å². The summed E-state index contributed by atoms with van der Waals surface area (Å²) in [6.45, 7) is 1.06. The zero-order valence-corrected chi connectivity index (χ0v) is 58.4. The lowest BCUT2D eigenvalue weighted by Crippen LogP contribution is -2.58. The number of urea groups is 1. The molecular formula is C69H81N11O23S2. The van der Waals surface area contributed by atoms with Crippen LogP contribution < -0.4 is 58.6 Å².